The van der Waals surface area contributed by atoms with Crippen LogP contribution in [0.5, 0.6) is 0 Å². The van der Waals surface area contributed by atoms with E-state index in [0.29, 0.717) is 40.4 Å². The Morgan fingerprint density at radius 1 is 0.380 bits per heavy atom. The van der Waals surface area contributed by atoms with E-state index in [1.54, 1.807) is 73.2 Å². The normalized spacial score (nSPS) is 15.8. The summed E-state index contributed by atoms with van der Waals surface area (Å²) in [5, 5.41) is 1.95. The minimum absolute atomic E-state index is 0. The first-order chi connectivity index (χ1) is 76.1. The van der Waals surface area contributed by atoms with Crippen LogP contribution in [0.15, 0.2) is 424 Å². The number of hydrogen-bond acceptors (Lipinski definition) is 17. The summed E-state index contributed by atoms with van der Waals surface area (Å²) >= 11 is 0. The third-order valence-electron chi connectivity index (χ3n) is 26.6. The topological polar surface area (TPSA) is 166 Å². The van der Waals surface area contributed by atoms with Crippen molar-refractivity contribution in [1.82, 2.24) is 54.4 Å². The van der Waals surface area contributed by atoms with E-state index >= 15 is 0 Å². The molecule has 28 rings (SSSR count). The third-order valence-corrected chi connectivity index (χ3v) is 26.6. The first-order valence-electron chi connectivity index (χ1n) is 53.7. The van der Waals surface area contributed by atoms with E-state index in [9.17, 15) is 0 Å². The van der Waals surface area contributed by atoms with E-state index in [1.807, 2.05) is 207 Å². The molecule has 10 aromatic heterocycles. The van der Waals surface area contributed by atoms with Crippen LogP contribution in [0.1, 0.15) is 98.0 Å². The van der Waals surface area contributed by atoms with Crippen molar-refractivity contribution >= 4 is 84.7 Å². The van der Waals surface area contributed by atoms with E-state index in [2.05, 4.69) is 278 Å². The Balaban J connectivity index is 0.000000119. The molecule has 0 aliphatic carbocycles. The number of aromatic nitrogens is 11. The van der Waals surface area contributed by atoms with E-state index in [4.69, 9.17) is 23.1 Å². The number of pyridine rings is 7. The predicted molar refractivity (Wildman–Crippen MR) is 596 cm³/mol. The van der Waals surface area contributed by atoms with Crippen LogP contribution >= 0.6 is 0 Å². The smallest absolute Gasteiger partial charge is 0.178 e. The Hall–Kier alpha value is -16.2. The second-order valence-electron chi connectivity index (χ2n) is 36.1. The zero-order valence-electron chi connectivity index (χ0n) is 92.9. The Labute approximate surface area is 931 Å². The molecule has 21 heteroatoms. The number of benzene rings is 12. The molecule has 18 nitrogen and oxygen atoms in total. The Bertz CT molecular complexity index is 8550. The summed E-state index contributed by atoms with van der Waals surface area (Å²) in [7, 11) is 6.43. The van der Waals surface area contributed by atoms with Gasteiger partial charge >= 0.3 is 0 Å². The number of anilines is 9. The summed E-state index contributed by atoms with van der Waals surface area (Å²) in [4.78, 5) is 58.7. The molecule has 4 atom stereocenters. The molecular formula is C129H107Ir3N17O-6. The number of aryl methyl sites for hydroxylation is 3. The maximum absolute atomic E-state index is 8.30. The second kappa shape index (κ2) is 47.3. The van der Waals surface area contributed by atoms with Crippen LogP contribution < -0.4 is 29.4 Å². The Morgan fingerprint density at radius 3 is 1.47 bits per heavy atom. The number of nitrogens with zero attached hydrogens (tertiary/aromatic N) is 17. The minimum Gasteiger partial charge on any atom is -0.501 e. The van der Waals surface area contributed by atoms with Crippen LogP contribution in [-0.2, 0) is 66.7 Å². The molecule has 150 heavy (non-hydrogen) atoms. The zero-order valence-corrected chi connectivity index (χ0v) is 90.1. The van der Waals surface area contributed by atoms with Gasteiger partial charge in [-0.05, 0) is 173 Å². The summed E-state index contributed by atoms with van der Waals surface area (Å²) < 4.78 is 82.9. The fourth-order valence-electron chi connectivity index (χ4n) is 19.8. The van der Waals surface area contributed by atoms with Crippen molar-refractivity contribution in [1.29, 1.82) is 0 Å². The van der Waals surface area contributed by atoms with E-state index in [1.165, 1.54) is 93.0 Å². The van der Waals surface area contributed by atoms with E-state index < -0.39 is 26.4 Å². The van der Waals surface area contributed by atoms with Gasteiger partial charge in [-0.3, -0.25) is 4.98 Å². The Morgan fingerprint density at radius 2 is 0.893 bits per heavy atom. The van der Waals surface area contributed by atoms with Crippen molar-refractivity contribution in [2.45, 2.75) is 90.9 Å². The standard InChI is InChI=1S/C22H19N2.C21H18N6.C20H16NO.C18H14N.C13H12N4.2C12H10N.C11H8N.3Ir/c1-16(2)18-12-6-8-14-20(18)24-21-15-9-7-13-19(21)23-22(24)17-10-4-3-5-11-17;1-24-18-14(8-4-10-22-18)26-12-6-3-7-13-16(12)17(20(24)26)21-25(2)19-15(27(13)21)9-5-11-23-19;1-13(2)14-10-11-21-18(12-14)17-8-5-7-16-15-6-3-4-9-19(15)22-20(16)17;1-14-12-18(16-10-6-3-7-11-16)19-13-17(14)15-8-4-2-5-9-15;1-16-11-8-9-4-2-3-5-10(9)17(11)13-12(16)14-6-7-15-13;2*1-10-7-8-12(13-9-10)11-5-3-2-4-6-11;1-2-6-10(7-3-1)11-8-4-5-9-12-11;;;/h3-10,12-16H,1-2H3;3-11,17,20-21H,1-2H3;3-7,9-13H,1-2H3;2-10,12-13H,1H3;2-7,11H,8H2,1H3;2*2-5,7-9H,1H3;1-6,8-9H;;;/q-1;;2*-1;;3*-1;;;/i;;1D3,13D;;;2*1D3;;;;. The molecule has 3 radical (unpaired) electrons. The molecule has 4 unspecified atom stereocenters. The van der Waals surface area contributed by atoms with Gasteiger partial charge in [0.1, 0.15) is 24.1 Å². The van der Waals surface area contributed by atoms with Gasteiger partial charge in [0.05, 0.1) is 39.7 Å². The third kappa shape index (κ3) is 21.5. The molecule has 0 N–H and O–H groups in total. The summed E-state index contributed by atoms with van der Waals surface area (Å²) in [6, 6.07) is 138. The van der Waals surface area contributed by atoms with Crippen LogP contribution in [0.4, 0.5) is 51.7 Å². The molecule has 0 bridgehead atoms. The Kier molecular flexibility index (Phi) is 28.8. The number of furan rings is 1. The van der Waals surface area contributed by atoms with Crippen molar-refractivity contribution in [2.75, 3.05) is 50.5 Å². The SMILES string of the molecule is CC(C)c1ccccc1-n1c(-c2[c-]cccc2)nc2ccccc21.CN1c2ncccc2N2c3cccc4c3C(C12)C1N(C)c2ncccc2N41.CN1c2nccnc2N2c3ccccc3CC12.Cc1cc(-c2[c-]cccc2)ncc1-c1ccccc1.[2H]C([2H])([2H])C([2H])(C)c1ccnc(-c2[c-]ccc3c2oc2ccccc23)c1.[2H]C([2H])([2H])c1ccc(-c2[c-]cccc2)nc1.[2H]C([2H])([2H])c1ccc(-c2[c-]cccc2)nc1.[Ir].[Ir].[Ir].[c-]1ccccc1-c1ccccn1. The van der Waals surface area contributed by atoms with Gasteiger partial charge in [0.15, 0.2) is 23.3 Å². The van der Waals surface area contributed by atoms with Crippen molar-refractivity contribution < 1.29 is 78.4 Å². The quantitative estimate of drug-likeness (QED) is 0.119. The average Bonchev–Trinajstić information content (AvgIpc) is 1.50. The van der Waals surface area contributed by atoms with Gasteiger partial charge in [0.2, 0.25) is 0 Å². The number of rotatable bonds is 10. The second-order valence-corrected chi connectivity index (χ2v) is 36.1. The van der Waals surface area contributed by atoms with E-state index in [-0.39, 0.29) is 83.8 Å². The van der Waals surface area contributed by atoms with Gasteiger partial charge in [0.25, 0.3) is 0 Å². The number of para-hydroxylation sites is 5. The number of likely N-dealkylation sites (N-methyl/N-ethyl adjacent to an activating group) is 3. The molecule has 6 aliphatic rings. The average molecular weight is 2500 g/mol. The monoisotopic (exact) mass is 2500 g/mol. The fraction of sp³-hybridized carbons (Fsp3) is 0.132. The minimum atomic E-state index is -2.44. The zero-order chi connectivity index (χ0) is 109. The largest absolute Gasteiger partial charge is 0.501 e. The molecule has 16 heterocycles. The molecule has 0 spiro atoms. The first-order valence-corrected chi connectivity index (χ1v) is 48.7. The fourth-order valence-corrected chi connectivity index (χ4v) is 19.8. The number of hydrogen-bond donors (Lipinski definition) is 0. The number of imidazole rings is 1. The van der Waals surface area contributed by atoms with Crippen LogP contribution in [0.25, 0.3) is 117 Å². The molecule has 0 saturated carbocycles. The van der Waals surface area contributed by atoms with Crippen molar-refractivity contribution in [3.05, 3.63) is 495 Å². The van der Waals surface area contributed by atoms with Crippen LogP contribution in [0.2, 0.25) is 0 Å². The van der Waals surface area contributed by atoms with Crippen molar-refractivity contribution in [3.8, 4) is 84.5 Å². The molecule has 0 fully saturated rings. The molecule has 6 aliphatic heterocycles. The molecule has 747 valence electrons. The van der Waals surface area contributed by atoms with Crippen LogP contribution in [0, 0.1) is 57.0 Å². The molecule has 0 saturated heterocycles. The predicted octanol–water partition coefficient (Wildman–Crippen LogP) is 29.3. The maximum atomic E-state index is 8.30. The van der Waals surface area contributed by atoms with E-state index in [0.717, 1.165) is 113 Å². The maximum Gasteiger partial charge on any atom is 0.178 e. The van der Waals surface area contributed by atoms with Crippen LogP contribution in [-0.4, -0.2) is 94.0 Å². The molecular weight excluding hydrogens is 2380 g/mol. The molecule has 12 aromatic carbocycles. The summed E-state index contributed by atoms with van der Waals surface area (Å²) in [6.07, 6.45) is 17.2. The van der Waals surface area contributed by atoms with Crippen molar-refractivity contribution in [3.63, 3.8) is 0 Å². The summed E-state index contributed by atoms with van der Waals surface area (Å²) in [6.45, 7) is 1.35. The summed E-state index contributed by atoms with van der Waals surface area (Å²) in [5.41, 5.74) is 29.1. The van der Waals surface area contributed by atoms with Crippen molar-refractivity contribution in [2.24, 2.45) is 0 Å². The van der Waals surface area contributed by atoms with Gasteiger partial charge < -0.3 is 63.3 Å². The molecule has 22 aromatic rings. The van der Waals surface area contributed by atoms with Gasteiger partial charge in [-0.15, -0.1) is 198 Å². The molecule has 0 amide bonds. The van der Waals surface area contributed by atoms with Gasteiger partial charge in [-0.25, -0.2) is 19.9 Å². The number of fused-ring (bicyclic) bond motifs is 19. The van der Waals surface area contributed by atoms with Gasteiger partial charge in [0, 0.05) is 197 Å². The first kappa shape index (κ1) is 91.2. The van der Waals surface area contributed by atoms with Gasteiger partial charge in [-0.2, -0.15) is 0 Å². The summed E-state index contributed by atoms with van der Waals surface area (Å²) in [5.74, 6) is 4.07. The van der Waals surface area contributed by atoms with Gasteiger partial charge in [-0.1, -0.05) is 196 Å². The van der Waals surface area contributed by atoms with Crippen LogP contribution in [0.3, 0.4) is 0 Å².